The first kappa shape index (κ1) is 13.9. The molecule has 0 bridgehead atoms. The molecular formula is C16H18FN3O. The minimum absolute atomic E-state index is 0.243. The third kappa shape index (κ3) is 2.49. The fourth-order valence-electron chi connectivity index (χ4n) is 3.05. The largest absolute Gasteiger partial charge is 0.366 e. The summed E-state index contributed by atoms with van der Waals surface area (Å²) in [5, 5.41) is 1.72. The SMILES string of the molecule is Cc1nc2c(C(N)=O)cccc2cc1C1CCCCN1F. The van der Waals surface area contributed by atoms with Gasteiger partial charge in [-0.25, -0.2) is 0 Å². The zero-order valence-corrected chi connectivity index (χ0v) is 12.0. The number of aryl methyl sites for hydroxylation is 1. The smallest absolute Gasteiger partial charge is 0.250 e. The van der Waals surface area contributed by atoms with E-state index in [1.165, 1.54) is 0 Å². The van der Waals surface area contributed by atoms with E-state index >= 15 is 0 Å². The minimum Gasteiger partial charge on any atom is -0.366 e. The van der Waals surface area contributed by atoms with E-state index in [1.54, 1.807) is 12.1 Å². The summed E-state index contributed by atoms with van der Waals surface area (Å²) >= 11 is 0. The standard InChI is InChI=1S/C16H18FN3O/c1-10-13(14-7-2-3-8-20(14)17)9-11-5-4-6-12(16(18)21)15(11)19-10/h4-6,9,14H,2-3,7-8H2,1H3,(H2,18,21). The number of pyridine rings is 1. The highest BCUT2D eigenvalue weighted by molar-refractivity contribution is 6.04. The van der Waals surface area contributed by atoms with Crippen molar-refractivity contribution in [3.05, 3.63) is 41.1 Å². The highest BCUT2D eigenvalue weighted by Gasteiger charge is 2.26. The Labute approximate surface area is 122 Å². The number of fused-ring (bicyclic) bond motifs is 1. The molecule has 4 nitrogen and oxygen atoms in total. The van der Waals surface area contributed by atoms with Crippen molar-refractivity contribution in [1.29, 1.82) is 0 Å². The number of para-hydroxylation sites is 1. The molecule has 0 radical (unpaired) electrons. The lowest BCUT2D eigenvalue weighted by atomic mass is 9.94. The molecule has 21 heavy (non-hydrogen) atoms. The summed E-state index contributed by atoms with van der Waals surface area (Å²) in [7, 11) is 0. The Morgan fingerprint density at radius 3 is 2.95 bits per heavy atom. The van der Waals surface area contributed by atoms with Crippen LogP contribution in [-0.4, -0.2) is 22.6 Å². The number of halogens is 1. The van der Waals surface area contributed by atoms with Crippen LogP contribution in [0.5, 0.6) is 0 Å². The van der Waals surface area contributed by atoms with E-state index in [0.717, 1.165) is 41.0 Å². The van der Waals surface area contributed by atoms with Crippen LogP contribution in [0.4, 0.5) is 4.48 Å². The first-order chi connectivity index (χ1) is 10.1. The summed E-state index contributed by atoms with van der Waals surface area (Å²) in [6.45, 7) is 2.32. The molecule has 1 aromatic heterocycles. The molecule has 1 aliphatic heterocycles. The number of hydrogen-bond donors (Lipinski definition) is 1. The van der Waals surface area contributed by atoms with Gasteiger partial charge < -0.3 is 5.73 Å². The molecule has 1 saturated heterocycles. The van der Waals surface area contributed by atoms with Crippen LogP contribution in [0.2, 0.25) is 0 Å². The lowest BCUT2D eigenvalue weighted by Crippen LogP contribution is -2.27. The summed E-state index contributed by atoms with van der Waals surface area (Å²) in [4.78, 5) is 16.0. The van der Waals surface area contributed by atoms with Gasteiger partial charge in [-0.1, -0.05) is 18.6 Å². The van der Waals surface area contributed by atoms with Gasteiger partial charge in [0.05, 0.1) is 17.1 Å². The second kappa shape index (κ2) is 5.41. The average Bonchev–Trinajstić information content (AvgIpc) is 2.46. The van der Waals surface area contributed by atoms with Crippen LogP contribution in [0.25, 0.3) is 10.9 Å². The highest BCUT2D eigenvalue weighted by Crippen LogP contribution is 2.34. The number of piperidine rings is 1. The normalized spacial score (nSPS) is 19.8. The van der Waals surface area contributed by atoms with Crippen LogP contribution in [0, 0.1) is 6.92 Å². The van der Waals surface area contributed by atoms with Gasteiger partial charge >= 0.3 is 0 Å². The van der Waals surface area contributed by atoms with Crippen LogP contribution in [-0.2, 0) is 0 Å². The van der Waals surface area contributed by atoms with Crippen molar-refractivity contribution in [2.24, 2.45) is 5.73 Å². The van der Waals surface area contributed by atoms with Gasteiger partial charge in [-0.3, -0.25) is 9.78 Å². The maximum absolute atomic E-state index is 14.1. The number of aromatic nitrogens is 1. The van der Waals surface area contributed by atoms with Gasteiger partial charge in [-0.05, 0) is 37.5 Å². The van der Waals surface area contributed by atoms with Gasteiger partial charge in [-0.2, -0.15) is 0 Å². The van der Waals surface area contributed by atoms with Crippen molar-refractivity contribution in [2.45, 2.75) is 32.2 Å². The van der Waals surface area contributed by atoms with E-state index in [0.29, 0.717) is 17.6 Å². The van der Waals surface area contributed by atoms with Crippen molar-refractivity contribution < 1.29 is 9.28 Å². The molecule has 2 heterocycles. The summed E-state index contributed by atoms with van der Waals surface area (Å²) in [6.07, 6.45) is 2.70. The Balaban J connectivity index is 2.13. The molecule has 110 valence electrons. The number of primary amides is 1. The molecule has 0 aliphatic carbocycles. The van der Waals surface area contributed by atoms with E-state index in [4.69, 9.17) is 5.73 Å². The third-order valence-corrected chi connectivity index (χ3v) is 4.14. The Morgan fingerprint density at radius 1 is 1.43 bits per heavy atom. The molecule has 0 spiro atoms. The van der Waals surface area contributed by atoms with Gasteiger partial charge in [0.2, 0.25) is 0 Å². The number of rotatable bonds is 2. The molecule has 1 aliphatic rings. The molecule has 0 saturated carbocycles. The highest BCUT2D eigenvalue weighted by atomic mass is 19.2. The fraction of sp³-hybridized carbons (Fsp3) is 0.375. The average molecular weight is 287 g/mol. The topological polar surface area (TPSA) is 59.2 Å². The number of benzene rings is 1. The first-order valence-electron chi connectivity index (χ1n) is 7.20. The van der Waals surface area contributed by atoms with E-state index in [1.807, 2.05) is 19.1 Å². The molecule has 1 amide bonds. The second-order valence-electron chi connectivity index (χ2n) is 5.54. The van der Waals surface area contributed by atoms with Crippen molar-refractivity contribution in [3.8, 4) is 0 Å². The van der Waals surface area contributed by atoms with E-state index < -0.39 is 5.91 Å². The minimum atomic E-state index is -0.495. The van der Waals surface area contributed by atoms with E-state index in [-0.39, 0.29) is 6.04 Å². The maximum atomic E-state index is 14.1. The van der Waals surface area contributed by atoms with Gasteiger partial charge in [-0.15, -0.1) is 9.60 Å². The van der Waals surface area contributed by atoms with Crippen molar-refractivity contribution in [1.82, 2.24) is 10.1 Å². The number of hydrogen-bond acceptors (Lipinski definition) is 3. The quantitative estimate of drug-likeness (QED) is 0.864. The Kier molecular flexibility index (Phi) is 3.59. The molecule has 1 atom stereocenters. The monoisotopic (exact) mass is 287 g/mol. The predicted molar refractivity (Wildman–Crippen MR) is 79.4 cm³/mol. The first-order valence-corrected chi connectivity index (χ1v) is 7.20. The van der Waals surface area contributed by atoms with Crippen LogP contribution in [0.1, 0.15) is 46.9 Å². The molecule has 2 aromatic rings. The Morgan fingerprint density at radius 2 is 2.24 bits per heavy atom. The summed E-state index contributed by atoms with van der Waals surface area (Å²) in [6, 6.07) is 7.01. The summed E-state index contributed by atoms with van der Waals surface area (Å²) in [5.74, 6) is -0.495. The van der Waals surface area contributed by atoms with Crippen molar-refractivity contribution in [3.63, 3.8) is 0 Å². The molecule has 1 aromatic carbocycles. The van der Waals surface area contributed by atoms with Crippen molar-refractivity contribution >= 4 is 16.8 Å². The van der Waals surface area contributed by atoms with Gasteiger partial charge in [0.15, 0.2) is 0 Å². The lowest BCUT2D eigenvalue weighted by Gasteiger charge is -2.29. The van der Waals surface area contributed by atoms with Crippen molar-refractivity contribution in [2.75, 3.05) is 6.54 Å². The van der Waals surface area contributed by atoms with Crippen LogP contribution in [0.15, 0.2) is 24.3 Å². The van der Waals surface area contributed by atoms with E-state index in [2.05, 4.69) is 4.98 Å². The lowest BCUT2D eigenvalue weighted by molar-refractivity contribution is -0.0462. The van der Waals surface area contributed by atoms with Crippen LogP contribution in [0.3, 0.4) is 0 Å². The van der Waals surface area contributed by atoms with Crippen LogP contribution >= 0.6 is 0 Å². The molecule has 2 N–H and O–H groups in total. The number of nitrogens with zero attached hydrogens (tertiary/aromatic N) is 2. The Hall–Kier alpha value is -2.01. The summed E-state index contributed by atoms with van der Waals surface area (Å²) < 4.78 is 14.1. The maximum Gasteiger partial charge on any atom is 0.250 e. The molecule has 1 unspecified atom stereocenters. The number of amides is 1. The van der Waals surface area contributed by atoms with Gasteiger partial charge in [0, 0.05) is 17.6 Å². The summed E-state index contributed by atoms with van der Waals surface area (Å²) in [5.41, 5.74) is 8.03. The molecule has 3 rings (SSSR count). The predicted octanol–water partition coefficient (Wildman–Crippen LogP) is 3.05. The third-order valence-electron chi connectivity index (χ3n) is 4.14. The van der Waals surface area contributed by atoms with Gasteiger partial charge in [0.25, 0.3) is 5.91 Å². The Bertz CT molecular complexity index is 701. The second-order valence-corrected chi connectivity index (χ2v) is 5.54. The number of carbonyl (C=O) groups is 1. The number of carbonyl (C=O) groups excluding carboxylic acids is 1. The van der Waals surface area contributed by atoms with Crippen LogP contribution < -0.4 is 5.73 Å². The van der Waals surface area contributed by atoms with Gasteiger partial charge in [0.1, 0.15) is 0 Å². The fourth-order valence-corrected chi connectivity index (χ4v) is 3.05. The zero-order valence-electron chi connectivity index (χ0n) is 12.0. The van der Waals surface area contributed by atoms with E-state index in [9.17, 15) is 9.28 Å². The molecular weight excluding hydrogens is 269 g/mol. The zero-order chi connectivity index (χ0) is 15.0. The molecule has 5 heteroatoms. The molecule has 1 fully saturated rings. The number of nitrogens with two attached hydrogens (primary N) is 1.